The summed E-state index contributed by atoms with van der Waals surface area (Å²) in [6.45, 7) is 15.3. The molecule has 2 aromatic rings. The second-order valence-electron chi connectivity index (χ2n) is 25.3. The van der Waals surface area contributed by atoms with Crippen molar-refractivity contribution < 1.29 is 166 Å². The van der Waals surface area contributed by atoms with E-state index in [0.29, 0.717) is 0 Å². The maximum Gasteiger partial charge on any atom is 0.303 e. The van der Waals surface area contributed by atoms with E-state index in [1.165, 1.54) is 0 Å². The second-order valence-corrected chi connectivity index (χ2v) is 29.6. The van der Waals surface area contributed by atoms with Crippen LogP contribution in [0.3, 0.4) is 0 Å². The molecule has 36 heteroatoms. The monoisotopic (exact) mass is 1490 g/mol. The topological polar surface area (TPSA) is 425 Å². The van der Waals surface area contributed by atoms with Crippen LogP contribution < -0.4 is 10.4 Å². The predicted octanol–water partition coefficient (Wildman–Crippen LogP) is 1.27. The summed E-state index contributed by atoms with van der Waals surface area (Å²) in [6, 6.07) is 18.3. The number of esters is 13. The minimum Gasteiger partial charge on any atom is -0.463 e. The average molecular weight is 1500 g/mol. The van der Waals surface area contributed by atoms with Gasteiger partial charge in [-0.3, -0.25) is 62.3 Å². The Bertz CT molecular complexity index is 3300. The van der Waals surface area contributed by atoms with Gasteiger partial charge in [0.25, 0.3) is 8.32 Å². The molecule has 0 radical (unpaired) electrons. The molecule has 0 amide bonds. The van der Waals surface area contributed by atoms with Gasteiger partial charge in [0.05, 0.1) is 6.61 Å². The van der Waals surface area contributed by atoms with E-state index in [4.69, 9.17) is 104 Å². The van der Waals surface area contributed by atoms with Crippen molar-refractivity contribution >= 4 is 96.3 Å². The highest BCUT2D eigenvalue weighted by Gasteiger charge is 2.63. The molecular formula is C68H90O35Si. The van der Waals surface area contributed by atoms with Crippen LogP contribution in [0.5, 0.6) is 0 Å². The van der Waals surface area contributed by atoms with Crippen molar-refractivity contribution in [1.82, 2.24) is 0 Å². The smallest absolute Gasteiger partial charge is 0.303 e. The number of rotatable bonds is 29. The largest absolute Gasteiger partial charge is 0.463 e. The zero-order valence-electron chi connectivity index (χ0n) is 60.5. The fourth-order valence-electron chi connectivity index (χ4n) is 12.5. The van der Waals surface area contributed by atoms with E-state index in [1.54, 1.807) is 12.1 Å². The molecule has 0 unspecified atom stereocenters. The molecule has 576 valence electrons. The number of carbonyl (C=O) groups is 13. The molecule has 104 heavy (non-hydrogen) atoms. The molecule has 35 nitrogen and oxygen atoms in total. The lowest BCUT2D eigenvalue weighted by Crippen LogP contribution is -2.71. The van der Waals surface area contributed by atoms with Crippen molar-refractivity contribution in [2.75, 3.05) is 33.5 Å². The molecule has 0 bridgehead atoms. The first-order valence-electron chi connectivity index (χ1n) is 32.8. The molecule has 4 saturated heterocycles. The van der Waals surface area contributed by atoms with E-state index < -0.39 is 246 Å². The van der Waals surface area contributed by atoms with E-state index in [0.717, 1.165) is 107 Å². The SMILES string of the molecule is CO[C@H]1O[C@H](CO[Si](c2ccccc2)(c2ccccc2)C(C)(C)C)[C@@H](O[C@@H]2O[C@H](COC(C)=O)[C@@H](O[C@@H]3O[C@H](COC(C)=O)[C@H](OC(C)=O)[C@H](OC(C)=O)[C@H]3OC(C)=O)[C@H](OC(C)=O)[C@H]2OC(C)=O)[C@H](O[C@H]2O[C@H]([C@@H](COC(C)=O)OC(C)=O)[C@@H](OC(C)=O)[C@H](OC(C)=O)[C@@H]2OC(C)=O)[C@@H]1OC(C)=O. The molecule has 4 fully saturated rings. The Morgan fingerprint density at radius 1 is 0.346 bits per heavy atom. The molecule has 4 heterocycles. The number of ether oxygens (including phenoxy) is 21. The molecule has 0 spiro atoms. The van der Waals surface area contributed by atoms with Gasteiger partial charge in [-0.1, -0.05) is 81.4 Å². The van der Waals surface area contributed by atoms with Gasteiger partial charge in [-0.2, -0.15) is 0 Å². The van der Waals surface area contributed by atoms with Crippen LogP contribution in [-0.4, -0.2) is 248 Å². The molecule has 4 aliphatic rings. The summed E-state index contributed by atoms with van der Waals surface area (Å²) in [4.78, 5) is 171. The van der Waals surface area contributed by atoms with Crippen LogP contribution in [0.15, 0.2) is 60.7 Å². The number of benzene rings is 2. The fourth-order valence-corrected chi connectivity index (χ4v) is 17.1. The summed E-state index contributed by atoms with van der Waals surface area (Å²) in [5.74, 6) is -13.5. The van der Waals surface area contributed by atoms with Gasteiger partial charge in [0.2, 0.25) is 0 Å². The summed E-state index contributed by atoms with van der Waals surface area (Å²) in [6.07, 6.45) is -41.4. The minimum atomic E-state index is -3.76. The lowest BCUT2D eigenvalue weighted by atomic mass is 9.93. The predicted molar refractivity (Wildman–Crippen MR) is 345 cm³/mol. The fraction of sp³-hybridized carbons (Fsp3) is 0.632. The Morgan fingerprint density at radius 2 is 0.654 bits per heavy atom. The third kappa shape index (κ3) is 22.7. The molecule has 21 atom stereocenters. The van der Waals surface area contributed by atoms with Crippen molar-refractivity contribution in [3.05, 3.63) is 60.7 Å². The van der Waals surface area contributed by atoms with E-state index >= 15 is 0 Å². The standard InChI is InChI=1S/C68H90O35Si/c1-32(69)83-28-47(87-35(4)72)52-55(89-37(6)74)59(92-40(9)77)63(96-44(13)81)67(102-52)103-58-54(50(97-64(82-17)60(58)93-41(10)78)31-86-104(68(14,15)16,45-24-20-18-21-25-45)46-26-22-19-23-27-46)101-66-62(95-43(12)80)57(91-39(8)76)53(49(99-66)30-85-34(3)71)100-65-61(94-42(11)79)56(90-38(7)75)51(88-36(5)73)48(98-65)29-84-33(2)70/h18-27,47-67H,28-31H2,1-17H3/t47-,48-,49-,50-,51+,52-,53-,54-,55-,56+,57+,58+,59+,60+,61-,62-,63+,64+,65+,66+,67-/m1/s1. The zero-order valence-corrected chi connectivity index (χ0v) is 61.5. The van der Waals surface area contributed by atoms with E-state index in [2.05, 4.69) is 0 Å². The Morgan fingerprint density at radius 3 is 1.03 bits per heavy atom. The van der Waals surface area contributed by atoms with Gasteiger partial charge in [-0.25, -0.2) is 0 Å². The maximum absolute atomic E-state index is 13.9. The van der Waals surface area contributed by atoms with Gasteiger partial charge in [0.15, 0.2) is 86.2 Å². The van der Waals surface area contributed by atoms with Crippen molar-refractivity contribution in [2.45, 2.75) is 245 Å². The highest BCUT2D eigenvalue weighted by Crippen LogP contribution is 2.43. The lowest BCUT2D eigenvalue weighted by molar-refractivity contribution is -0.395. The van der Waals surface area contributed by atoms with Crippen LogP contribution in [0.4, 0.5) is 0 Å². The van der Waals surface area contributed by atoms with Crippen LogP contribution in [0.1, 0.15) is 111 Å². The molecule has 2 aromatic carbocycles. The summed E-state index contributed by atoms with van der Waals surface area (Å²) >= 11 is 0. The summed E-state index contributed by atoms with van der Waals surface area (Å²) in [7, 11) is -2.61. The van der Waals surface area contributed by atoms with Crippen LogP contribution in [-0.2, 0) is 166 Å². The van der Waals surface area contributed by atoms with Crippen LogP contribution in [0, 0.1) is 0 Å². The van der Waals surface area contributed by atoms with Gasteiger partial charge in [-0.15, -0.1) is 0 Å². The quantitative estimate of drug-likeness (QED) is 0.0628. The van der Waals surface area contributed by atoms with Crippen molar-refractivity contribution in [2.24, 2.45) is 0 Å². The van der Waals surface area contributed by atoms with E-state index in [1.807, 2.05) is 69.3 Å². The van der Waals surface area contributed by atoms with Gasteiger partial charge >= 0.3 is 77.6 Å². The van der Waals surface area contributed by atoms with E-state index in [9.17, 15) is 62.3 Å². The van der Waals surface area contributed by atoms with Gasteiger partial charge in [0.1, 0.15) is 62.5 Å². The Labute approximate surface area is 599 Å². The average Bonchev–Trinajstić information content (AvgIpc) is 0.749. The highest BCUT2D eigenvalue weighted by atomic mass is 28.4. The number of carbonyl (C=O) groups excluding carboxylic acids is 13. The molecule has 4 aliphatic heterocycles. The summed E-state index contributed by atoms with van der Waals surface area (Å²) < 4.78 is 135. The number of hydrogen-bond acceptors (Lipinski definition) is 35. The van der Waals surface area contributed by atoms with Gasteiger partial charge < -0.3 is 104 Å². The first-order chi connectivity index (χ1) is 48.8. The third-order valence-electron chi connectivity index (χ3n) is 16.0. The van der Waals surface area contributed by atoms with Gasteiger partial charge in [0, 0.05) is 97.1 Å². The minimum absolute atomic E-state index is 0.600. The normalized spacial score (nSPS) is 29.3. The molecular weight excluding hydrogens is 1400 g/mol. The summed E-state index contributed by atoms with van der Waals surface area (Å²) in [5, 5.41) is 0.661. The molecule has 0 N–H and O–H groups in total. The third-order valence-corrected chi connectivity index (χ3v) is 21.1. The Balaban J connectivity index is 1.69. The van der Waals surface area contributed by atoms with Crippen LogP contribution >= 0.6 is 0 Å². The molecule has 6 rings (SSSR count). The molecule has 0 aromatic heterocycles. The van der Waals surface area contributed by atoms with Crippen molar-refractivity contribution in [1.29, 1.82) is 0 Å². The number of hydrogen-bond donors (Lipinski definition) is 0. The molecule has 0 saturated carbocycles. The Kier molecular flexibility index (Phi) is 30.7. The van der Waals surface area contributed by atoms with Crippen molar-refractivity contribution in [3.8, 4) is 0 Å². The van der Waals surface area contributed by atoms with Crippen LogP contribution in [0.2, 0.25) is 5.04 Å². The number of methoxy groups -OCH3 is 1. The van der Waals surface area contributed by atoms with Crippen LogP contribution in [0.25, 0.3) is 0 Å². The summed E-state index contributed by atoms with van der Waals surface area (Å²) in [5.41, 5.74) is 0. The molecule has 0 aliphatic carbocycles. The lowest BCUT2D eigenvalue weighted by Gasteiger charge is -2.52. The first kappa shape index (κ1) is 84.3. The second kappa shape index (κ2) is 37.9. The Hall–Kier alpha value is -8.59. The first-order valence-corrected chi connectivity index (χ1v) is 34.7. The maximum atomic E-state index is 13.9. The highest BCUT2D eigenvalue weighted by molar-refractivity contribution is 6.99. The van der Waals surface area contributed by atoms with Gasteiger partial charge in [-0.05, 0) is 15.4 Å². The van der Waals surface area contributed by atoms with Crippen molar-refractivity contribution in [3.63, 3.8) is 0 Å². The zero-order chi connectivity index (χ0) is 77.2. The van der Waals surface area contributed by atoms with E-state index in [-0.39, 0.29) is 0 Å².